The van der Waals surface area contributed by atoms with Gasteiger partial charge in [-0.1, -0.05) is 42.8 Å². The zero-order valence-electron chi connectivity index (χ0n) is 12.0. The predicted octanol–water partition coefficient (Wildman–Crippen LogP) is 4.42. The molecule has 1 N–H and O–H groups in total. The first kappa shape index (κ1) is 15.4. The molecule has 0 radical (unpaired) electrons. The van der Waals surface area contributed by atoms with Gasteiger partial charge in [-0.25, -0.2) is 4.79 Å². The highest BCUT2D eigenvalue weighted by atomic mass is 35.5. The second kappa shape index (κ2) is 6.19. The SMILES string of the molecule is CCC(Oc1ccccc1)(C(=O)O)c1ccc(Cl)cc1C. The Morgan fingerprint density at radius 2 is 1.90 bits per heavy atom. The molecule has 4 heteroatoms. The van der Waals surface area contributed by atoms with Crippen LogP contribution in [0, 0.1) is 6.92 Å². The molecule has 0 aliphatic rings. The topological polar surface area (TPSA) is 46.5 Å². The number of para-hydroxylation sites is 1. The van der Waals surface area contributed by atoms with Crippen molar-refractivity contribution in [1.29, 1.82) is 0 Å². The van der Waals surface area contributed by atoms with E-state index >= 15 is 0 Å². The molecule has 3 nitrogen and oxygen atoms in total. The van der Waals surface area contributed by atoms with E-state index in [1.807, 2.05) is 25.1 Å². The van der Waals surface area contributed by atoms with Crippen molar-refractivity contribution in [2.75, 3.05) is 0 Å². The Bertz CT molecular complexity index is 640. The molecule has 1 atom stereocenters. The van der Waals surface area contributed by atoms with E-state index in [1.54, 1.807) is 37.3 Å². The van der Waals surface area contributed by atoms with E-state index in [2.05, 4.69) is 0 Å². The Morgan fingerprint density at radius 1 is 1.24 bits per heavy atom. The van der Waals surface area contributed by atoms with Gasteiger partial charge < -0.3 is 9.84 Å². The number of aliphatic carboxylic acids is 1. The Labute approximate surface area is 129 Å². The Balaban J connectivity index is 2.53. The molecular formula is C17H17ClO3. The van der Waals surface area contributed by atoms with Gasteiger partial charge in [0.05, 0.1) is 0 Å². The molecule has 2 rings (SSSR count). The first-order valence-corrected chi connectivity index (χ1v) is 7.11. The summed E-state index contributed by atoms with van der Waals surface area (Å²) in [5.41, 5.74) is -0.0100. The second-order valence-corrected chi connectivity index (χ2v) is 5.30. The average molecular weight is 305 g/mol. The molecule has 2 aromatic rings. The van der Waals surface area contributed by atoms with Crippen molar-refractivity contribution in [2.45, 2.75) is 25.9 Å². The number of ether oxygens (including phenoxy) is 1. The minimum Gasteiger partial charge on any atom is -0.478 e. The van der Waals surface area contributed by atoms with Gasteiger partial charge in [-0.15, -0.1) is 0 Å². The Hall–Kier alpha value is -2.00. The molecule has 0 aliphatic heterocycles. The van der Waals surface area contributed by atoms with Gasteiger partial charge in [-0.05, 0) is 43.2 Å². The molecule has 1 unspecified atom stereocenters. The Kier molecular flexibility index (Phi) is 4.53. The molecule has 0 aromatic heterocycles. The third kappa shape index (κ3) is 3.03. The van der Waals surface area contributed by atoms with Crippen LogP contribution in [0.1, 0.15) is 24.5 Å². The number of carboxylic acid groups (broad SMARTS) is 1. The lowest BCUT2D eigenvalue weighted by Gasteiger charge is -2.31. The average Bonchev–Trinajstić information content (AvgIpc) is 2.46. The standard InChI is InChI=1S/C17H17ClO3/c1-3-17(16(19)20,21-14-7-5-4-6-8-14)15-10-9-13(18)11-12(15)2/h4-11H,3H2,1-2H3,(H,19,20). The van der Waals surface area contributed by atoms with Gasteiger partial charge in [0, 0.05) is 10.6 Å². The lowest BCUT2D eigenvalue weighted by molar-refractivity contribution is -0.156. The van der Waals surface area contributed by atoms with Gasteiger partial charge in [-0.3, -0.25) is 0 Å². The Morgan fingerprint density at radius 3 is 2.43 bits per heavy atom. The largest absolute Gasteiger partial charge is 0.478 e. The fourth-order valence-corrected chi connectivity index (χ4v) is 2.62. The molecule has 0 spiro atoms. The summed E-state index contributed by atoms with van der Waals surface area (Å²) < 4.78 is 5.88. The lowest BCUT2D eigenvalue weighted by atomic mass is 9.87. The summed E-state index contributed by atoms with van der Waals surface area (Å²) in [6.45, 7) is 3.63. The fourth-order valence-electron chi connectivity index (χ4n) is 2.40. The fraction of sp³-hybridized carbons (Fsp3) is 0.235. The molecule has 110 valence electrons. The van der Waals surface area contributed by atoms with Crippen molar-refractivity contribution in [3.05, 3.63) is 64.7 Å². The van der Waals surface area contributed by atoms with Crippen molar-refractivity contribution in [2.24, 2.45) is 0 Å². The first-order chi connectivity index (χ1) is 9.99. The van der Waals surface area contributed by atoms with E-state index in [0.717, 1.165) is 5.56 Å². The van der Waals surface area contributed by atoms with Crippen LogP contribution in [0.15, 0.2) is 48.5 Å². The predicted molar refractivity (Wildman–Crippen MR) is 82.9 cm³/mol. The number of benzene rings is 2. The summed E-state index contributed by atoms with van der Waals surface area (Å²) in [5, 5.41) is 10.3. The summed E-state index contributed by atoms with van der Waals surface area (Å²) in [6.07, 6.45) is 0.305. The lowest BCUT2D eigenvalue weighted by Crippen LogP contribution is -2.41. The van der Waals surface area contributed by atoms with E-state index in [9.17, 15) is 9.90 Å². The van der Waals surface area contributed by atoms with Crippen molar-refractivity contribution in [3.63, 3.8) is 0 Å². The number of carboxylic acids is 1. The number of hydrogen-bond acceptors (Lipinski definition) is 2. The maximum atomic E-state index is 11.9. The van der Waals surface area contributed by atoms with E-state index in [1.165, 1.54) is 0 Å². The van der Waals surface area contributed by atoms with Crippen LogP contribution in [0.4, 0.5) is 0 Å². The highest BCUT2D eigenvalue weighted by molar-refractivity contribution is 6.30. The third-order valence-electron chi connectivity index (χ3n) is 3.50. The molecule has 0 saturated heterocycles. The summed E-state index contributed by atoms with van der Waals surface area (Å²) in [5.74, 6) is -0.490. The van der Waals surface area contributed by atoms with Gasteiger partial charge in [0.2, 0.25) is 5.60 Å². The van der Waals surface area contributed by atoms with Crippen LogP contribution in [0.5, 0.6) is 5.75 Å². The maximum absolute atomic E-state index is 11.9. The number of aryl methyl sites for hydroxylation is 1. The number of halogens is 1. The quantitative estimate of drug-likeness (QED) is 0.889. The summed E-state index contributed by atoms with van der Waals surface area (Å²) in [7, 11) is 0. The molecule has 21 heavy (non-hydrogen) atoms. The van der Waals surface area contributed by atoms with E-state index in [-0.39, 0.29) is 0 Å². The molecular weight excluding hydrogens is 288 g/mol. The van der Waals surface area contributed by atoms with Crippen LogP contribution in [-0.2, 0) is 10.4 Å². The van der Waals surface area contributed by atoms with E-state index < -0.39 is 11.6 Å². The smallest absolute Gasteiger partial charge is 0.352 e. The minimum atomic E-state index is -1.42. The van der Waals surface area contributed by atoms with Crippen LogP contribution in [0.2, 0.25) is 5.02 Å². The van der Waals surface area contributed by atoms with Crippen LogP contribution in [-0.4, -0.2) is 11.1 Å². The zero-order chi connectivity index (χ0) is 15.5. The minimum absolute atomic E-state index is 0.305. The van der Waals surface area contributed by atoms with Crippen LogP contribution >= 0.6 is 11.6 Å². The molecule has 0 fully saturated rings. The molecule has 2 aromatic carbocycles. The summed E-state index contributed by atoms with van der Waals surface area (Å²) >= 11 is 5.96. The third-order valence-corrected chi connectivity index (χ3v) is 3.74. The molecule has 0 saturated carbocycles. The maximum Gasteiger partial charge on any atom is 0.352 e. The highest BCUT2D eigenvalue weighted by Crippen LogP contribution is 2.34. The van der Waals surface area contributed by atoms with Crippen molar-refractivity contribution >= 4 is 17.6 Å². The van der Waals surface area contributed by atoms with Crippen molar-refractivity contribution in [1.82, 2.24) is 0 Å². The molecule has 0 heterocycles. The molecule has 0 aliphatic carbocycles. The first-order valence-electron chi connectivity index (χ1n) is 6.73. The van der Waals surface area contributed by atoms with Crippen molar-refractivity contribution in [3.8, 4) is 5.75 Å². The zero-order valence-corrected chi connectivity index (χ0v) is 12.7. The number of carbonyl (C=O) groups is 1. The van der Waals surface area contributed by atoms with Gasteiger partial charge >= 0.3 is 5.97 Å². The second-order valence-electron chi connectivity index (χ2n) is 4.86. The van der Waals surface area contributed by atoms with E-state index in [0.29, 0.717) is 22.8 Å². The van der Waals surface area contributed by atoms with Crippen LogP contribution in [0.3, 0.4) is 0 Å². The molecule has 0 bridgehead atoms. The van der Waals surface area contributed by atoms with E-state index in [4.69, 9.17) is 16.3 Å². The number of rotatable bonds is 5. The molecule has 0 amide bonds. The van der Waals surface area contributed by atoms with Gasteiger partial charge in [0.15, 0.2) is 0 Å². The highest BCUT2D eigenvalue weighted by Gasteiger charge is 2.42. The van der Waals surface area contributed by atoms with Crippen LogP contribution < -0.4 is 4.74 Å². The summed E-state index contributed by atoms with van der Waals surface area (Å²) in [4.78, 5) is 11.9. The monoisotopic (exact) mass is 304 g/mol. The summed E-state index contributed by atoms with van der Waals surface area (Å²) in [6, 6.07) is 14.1. The normalized spacial score (nSPS) is 13.5. The van der Waals surface area contributed by atoms with Crippen molar-refractivity contribution < 1.29 is 14.6 Å². The van der Waals surface area contributed by atoms with Gasteiger partial charge in [0.25, 0.3) is 0 Å². The van der Waals surface area contributed by atoms with Crippen LogP contribution in [0.25, 0.3) is 0 Å². The van der Waals surface area contributed by atoms with Gasteiger partial charge in [-0.2, -0.15) is 0 Å². The van der Waals surface area contributed by atoms with Gasteiger partial charge in [0.1, 0.15) is 5.75 Å². The number of hydrogen-bond donors (Lipinski definition) is 1.